The van der Waals surface area contributed by atoms with Crippen LogP contribution in [0.15, 0.2) is 47.2 Å². The number of amides is 1. The summed E-state index contributed by atoms with van der Waals surface area (Å²) in [5.41, 5.74) is 1.05. The molecule has 1 fully saturated rings. The number of ether oxygens (including phenoxy) is 1. The fourth-order valence-corrected chi connectivity index (χ4v) is 3.84. The van der Waals surface area contributed by atoms with Crippen molar-refractivity contribution in [1.82, 2.24) is 4.90 Å². The minimum atomic E-state index is 0.0292. The van der Waals surface area contributed by atoms with Gasteiger partial charge in [0, 0.05) is 19.2 Å². The van der Waals surface area contributed by atoms with Crippen LogP contribution in [0.2, 0.25) is 0 Å². The van der Waals surface area contributed by atoms with Crippen LogP contribution in [0.3, 0.4) is 0 Å². The maximum absolute atomic E-state index is 12.4. The number of thioether (sulfide) groups is 1. The average Bonchev–Trinajstić information content (AvgIpc) is 2.92. The van der Waals surface area contributed by atoms with E-state index in [0.29, 0.717) is 18.0 Å². The zero-order valence-corrected chi connectivity index (χ0v) is 14.7. The highest BCUT2D eigenvalue weighted by Gasteiger charge is 2.27. The molecule has 1 aromatic carbocycles. The first-order chi connectivity index (χ1) is 11.1. The number of rotatable bonds is 3. The molecule has 0 aromatic heterocycles. The van der Waals surface area contributed by atoms with Crippen molar-refractivity contribution in [3.63, 3.8) is 0 Å². The van der Waals surface area contributed by atoms with Crippen LogP contribution in [0.4, 0.5) is 5.69 Å². The first kappa shape index (κ1) is 16.1. The Labute approximate surface area is 145 Å². The number of nitrogens with zero attached hydrogens (tertiary/aromatic N) is 2. The van der Waals surface area contributed by atoms with Gasteiger partial charge in [0.1, 0.15) is 0 Å². The number of hydrogen-bond donors (Lipinski definition) is 0. The van der Waals surface area contributed by atoms with Crippen LogP contribution in [-0.4, -0.2) is 34.6 Å². The lowest BCUT2D eigenvalue weighted by Crippen LogP contribution is -2.38. The second-order valence-corrected chi connectivity index (χ2v) is 7.03. The van der Waals surface area contributed by atoms with Gasteiger partial charge in [-0.3, -0.25) is 4.79 Å². The van der Waals surface area contributed by atoms with Crippen LogP contribution in [0.25, 0.3) is 0 Å². The number of anilines is 1. The lowest BCUT2D eigenvalue weighted by Gasteiger charge is -2.27. The molecule has 0 radical (unpaired) electrons. The van der Waals surface area contributed by atoms with Crippen molar-refractivity contribution in [1.29, 1.82) is 0 Å². The second-order valence-electron chi connectivity index (χ2n) is 5.14. The van der Waals surface area contributed by atoms with Crippen LogP contribution < -0.4 is 9.64 Å². The van der Waals surface area contributed by atoms with E-state index < -0.39 is 0 Å². The normalized spacial score (nSPS) is 21.1. The smallest absolute Gasteiger partial charge is 0.260 e. The number of para-hydroxylation sites is 2. The molecule has 2 heterocycles. The third-order valence-corrected chi connectivity index (χ3v) is 5.02. The fourth-order valence-electron chi connectivity index (χ4n) is 2.59. The molecule has 0 spiro atoms. The molecule has 0 aliphatic carbocycles. The number of carbonyl (C=O) groups is 1. The SMILES string of the molecule is CCN1CC(=S)S/C(=C/C=C2\Oc3ccccc3N2CC)C1=O. The minimum absolute atomic E-state index is 0.0292. The second kappa shape index (κ2) is 6.76. The maximum atomic E-state index is 12.4. The van der Waals surface area contributed by atoms with Crippen LogP contribution in [-0.2, 0) is 4.79 Å². The fraction of sp³-hybridized carbons (Fsp3) is 0.294. The Kier molecular flexibility index (Phi) is 4.73. The molecule has 3 rings (SSSR count). The van der Waals surface area contributed by atoms with Gasteiger partial charge >= 0.3 is 0 Å². The van der Waals surface area contributed by atoms with E-state index in [9.17, 15) is 4.79 Å². The van der Waals surface area contributed by atoms with Gasteiger partial charge in [0.05, 0.1) is 21.3 Å². The Bertz CT molecular complexity index is 712. The first-order valence-corrected chi connectivity index (χ1v) is 8.82. The number of hydrogen-bond acceptors (Lipinski definition) is 5. The summed E-state index contributed by atoms with van der Waals surface area (Å²) in [5.74, 6) is 1.60. The van der Waals surface area contributed by atoms with Crippen molar-refractivity contribution in [2.75, 3.05) is 24.5 Å². The van der Waals surface area contributed by atoms with E-state index in [1.807, 2.05) is 43.3 Å². The monoisotopic (exact) mass is 346 g/mol. The zero-order chi connectivity index (χ0) is 16.4. The average molecular weight is 346 g/mol. The molecule has 1 aromatic rings. The summed E-state index contributed by atoms with van der Waals surface area (Å²) in [6.07, 6.45) is 3.66. The van der Waals surface area contributed by atoms with Crippen molar-refractivity contribution in [2.45, 2.75) is 13.8 Å². The van der Waals surface area contributed by atoms with Crippen molar-refractivity contribution < 1.29 is 9.53 Å². The van der Waals surface area contributed by atoms with Crippen LogP contribution in [0.5, 0.6) is 5.75 Å². The molecule has 0 saturated carbocycles. The van der Waals surface area contributed by atoms with E-state index in [2.05, 4.69) is 11.8 Å². The topological polar surface area (TPSA) is 32.8 Å². The molecule has 0 unspecified atom stereocenters. The predicted molar refractivity (Wildman–Crippen MR) is 98.7 cm³/mol. The molecule has 4 nitrogen and oxygen atoms in total. The van der Waals surface area contributed by atoms with Gasteiger partial charge in [-0.2, -0.15) is 0 Å². The summed E-state index contributed by atoms with van der Waals surface area (Å²) in [4.78, 5) is 16.9. The number of carbonyl (C=O) groups excluding carboxylic acids is 1. The van der Waals surface area contributed by atoms with E-state index in [4.69, 9.17) is 17.0 Å². The molecule has 120 valence electrons. The third kappa shape index (κ3) is 3.14. The lowest BCUT2D eigenvalue weighted by atomic mass is 10.3. The molecule has 1 amide bonds. The highest BCUT2D eigenvalue weighted by molar-refractivity contribution is 8.26. The van der Waals surface area contributed by atoms with E-state index in [0.717, 1.165) is 28.1 Å². The first-order valence-electron chi connectivity index (χ1n) is 7.60. The van der Waals surface area contributed by atoms with Crippen molar-refractivity contribution in [3.05, 3.63) is 47.2 Å². The number of benzene rings is 1. The molecule has 6 heteroatoms. The number of allylic oxidation sites excluding steroid dienone is 2. The Hall–Kier alpha value is -1.79. The summed E-state index contributed by atoms with van der Waals surface area (Å²) >= 11 is 6.67. The summed E-state index contributed by atoms with van der Waals surface area (Å²) in [7, 11) is 0. The Balaban J connectivity index is 1.87. The van der Waals surface area contributed by atoms with E-state index >= 15 is 0 Å². The Morgan fingerprint density at radius 1 is 1.26 bits per heavy atom. The molecule has 2 aliphatic rings. The van der Waals surface area contributed by atoms with E-state index in [1.165, 1.54) is 11.8 Å². The summed E-state index contributed by atoms with van der Waals surface area (Å²) in [5, 5.41) is 0. The van der Waals surface area contributed by atoms with Gasteiger partial charge in [-0.15, -0.1) is 0 Å². The molecular weight excluding hydrogens is 328 g/mol. The molecular formula is C17H18N2O2S2. The number of fused-ring (bicyclic) bond motifs is 1. The van der Waals surface area contributed by atoms with Gasteiger partial charge in [-0.05, 0) is 32.1 Å². The van der Waals surface area contributed by atoms with Crippen LogP contribution >= 0.6 is 24.0 Å². The van der Waals surface area contributed by atoms with Gasteiger partial charge in [0.25, 0.3) is 5.91 Å². The van der Waals surface area contributed by atoms with Crippen LogP contribution in [0.1, 0.15) is 13.8 Å². The van der Waals surface area contributed by atoms with Gasteiger partial charge in [0.15, 0.2) is 5.75 Å². The highest BCUT2D eigenvalue weighted by Crippen LogP contribution is 2.38. The summed E-state index contributed by atoms with van der Waals surface area (Å²) in [6, 6.07) is 7.91. The summed E-state index contributed by atoms with van der Waals surface area (Å²) < 4.78 is 6.71. The van der Waals surface area contributed by atoms with Crippen molar-refractivity contribution in [3.8, 4) is 5.75 Å². The van der Waals surface area contributed by atoms with E-state index in [1.54, 1.807) is 4.90 Å². The predicted octanol–water partition coefficient (Wildman–Crippen LogP) is 3.55. The third-order valence-electron chi connectivity index (χ3n) is 3.75. The largest absolute Gasteiger partial charge is 0.439 e. The standard InChI is InChI=1S/C17H18N2O2S2/c1-3-18-11-16(22)23-14(17(18)20)9-10-15-19(4-2)12-7-5-6-8-13(12)21-15/h5-10H,3-4,11H2,1-2H3/b14-9+,15-10-. The molecule has 0 atom stereocenters. The summed E-state index contributed by atoms with van der Waals surface area (Å²) in [6.45, 7) is 6.04. The zero-order valence-electron chi connectivity index (χ0n) is 13.1. The quantitative estimate of drug-likeness (QED) is 0.617. The molecule has 0 N–H and O–H groups in total. The Morgan fingerprint density at radius 2 is 2.04 bits per heavy atom. The maximum Gasteiger partial charge on any atom is 0.260 e. The molecule has 23 heavy (non-hydrogen) atoms. The minimum Gasteiger partial charge on any atom is -0.439 e. The van der Waals surface area contributed by atoms with Gasteiger partial charge < -0.3 is 14.5 Å². The van der Waals surface area contributed by atoms with Crippen molar-refractivity contribution >= 4 is 39.8 Å². The van der Waals surface area contributed by atoms with Gasteiger partial charge in [-0.1, -0.05) is 36.1 Å². The van der Waals surface area contributed by atoms with Gasteiger partial charge in [-0.25, -0.2) is 0 Å². The molecule has 1 saturated heterocycles. The number of likely N-dealkylation sites (N-methyl/N-ethyl adjacent to an activating group) is 1. The molecule has 2 aliphatic heterocycles. The Morgan fingerprint density at radius 3 is 2.78 bits per heavy atom. The molecule has 0 bridgehead atoms. The van der Waals surface area contributed by atoms with Crippen molar-refractivity contribution in [2.24, 2.45) is 0 Å². The van der Waals surface area contributed by atoms with Crippen LogP contribution in [0, 0.1) is 0 Å². The van der Waals surface area contributed by atoms with E-state index in [-0.39, 0.29) is 5.91 Å². The highest BCUT2D eigenvalue weighted by atomic mass is 32.2. The lowest BCUT2D eigenvalue weighted by molar-refractivity contribution is -0.125. The van der Waals surface area contributed by atoms with Gasteiger partial charge in [0.2, 0.25) is 5.88 Å². The number of thiocarbonyl (C=S) groups is 1.